The Morgan fingerprint density at radius 1 is 0.589 bits per heavy atom. The number of Topliss-reactive ketones (excluding diaryl/α,β-unsaturated/α-hetero) is 1. The summed E-state index contributed by atoms with van der Waals surface area (Å²) in [5, 5.41) is 5.22. The molecule has 10 heteroatoms. The molecule has 4 aromatic rings. The van der Waals surface area contributed by atoms with E-state index in [-0.39, 0.29) is 50.6 Å². The molecule has 296 valence electrons. The van der Waals surface area contributed by atoms with Crippen LogP contribution in [0, 0.1) is 5.92 Å². The second kappa shape index (κ2) is 22.6. The first-order valence-electron chi connectivity index (χ1n) is 19.2. The molecule has 0 aliphatic rings. The Balaban J connectivity index is 1.47. The second-order valence-corrected chi connectivity index (χ2v) is 14.9. The first-order chi connectivity index (χ1) is 26.9. The van der Waals surface area contributed by atoms with Crippen LogP contribution in [-0.4, -0.2) is 47.4 Å². The van der Waals surface area contributed by atoms with Gasteiger partial charge in [-0.3, -0.25) is 14.4 Å². The van der Waals surface area contributed by atoms with Crippen molar-refractivity contribution in [2.24, 2.45) is 5.92 Å². The summed E-state index contributed by atoms with van der Waals surface area (Å²) >= 11 is 0. The average Bonchev–Trinajstić information content (AvgIpc) is 3.18. The van der Waals surface area contributed by atoms with Crippen LogP contribution in [0.5, 0.6) is 0 Å². The lowest BCUT2D eigenvalue weighted by molar-refractivity contribution is -0.150. The largest absolute Gasteiger partial charge is 0.461 e. The topological polar surface area (TPSA) is 137 Å². The molecule has 0 aliphatic heterocycles. The van der Waals surface area contributed by atoms with E-state index in [9.17, 15) is 24.0 Å². The lowest BCUT2D eigenvalue weighted by Gasteiger charge is -2.25. The first-order valence-corrected chi connectivity index (χ1v) is 19.2. The summed E-state index contributed by atoms with van der Waals surface area (Å²) in [6, 6.07) is 35.7. The van der Waals surface area contributed by atoms with E-state index in [0.29, 0.717) is 6.42 Å². The third kappa shape index (κ3) is 16.7. The number of rotatable bonds is 21. The van der Waals surface area contributed by atoms with E-state index in [1.54, 1.807) is 32.9 Å². The number of esters is 2. The quantitative estimate of drug-likeness (QED) is 0.0647. The van der Waals surface area contributed by atoms with Gasteiger partial charge in [0.15, 0.2) is 0 Å². The number of benzene rings is 4. The number of alkyl carbamates (subject to hydrolysis) is 1. The van der Waals surface area contributed by atoms with Gasteiger partial charge in [0.25, 0.3) is 0 Å². The SMILES string of the molecule is CC(C)(C)OC(=O)NC(CC(=O)CC(CCCc1ccccc1)Cc1ccccc1)C(=O)NC(CCC(=O)OCc1ccccc1)C(=O)OCc1ccccc1. The summed E-state index contributed by atoms with van der Waals surface area (Å²) in [7, 11) is 0. The van der Waals surface area contributed by atoms with E-state index in [4.69, 9.17) is 14.2 Å². The minimum Gasteiger partial charge on any atom is -0.461 e. The predicted octanol–water partition coefficient (Wildman–Crippen LogP) is 7.86. The molecule has 0 saturated heterocycles. The van der Waals surface area contributed by atoms with Crippen LogP contribution >= 0.6 is 0 Å². The fourth-order valence-corrected chi connectivity index (χ4v) is 6.18. The number of carbonyl (C=O) groups excluding carboxylic acids is 5. The summed E-state index contributed by atoms with van der Waals surface area (Å²) in [6.07, 6.45) is 1.81. The van der Waals surface area contributed by atoms with Crippen molar-refractivity contribution in [2.75, 3.05) is 0 Å². The van der Waals surface area contributed by atoms with E-state index < -0.39 is 41.6 Å². The Morgan fingerprint density at radius 3 is 1.66 bits per heavy atom. The zero-order valence-corrected chi connectivity index (χ0v) is 32.6. The van der Waals surface area contributed by atoms with Crippen LogP contribution in [0.4, 0.5) is 4.79 Å². The van der Waals surface area contributed by atoms with Crippen LogP contribution in [0.25, 0.3) is 0 Å². The Hall–Kier alpha value is -5.77. The molecule has 4 aromatic carbocycles. The van der Waals surface area contributed by atoms with Gasteiger partial charge in [-0.25, -0.2) is 9.59 Å². The van der Waals surface area contributed by atoms with E-state index in [1.165, 1.54) is 5.56 Å². The van der Waals surface area contributed by atoms with Crippen molar-refractivity contribution < 1.29 is 38.2 Å². The van der Waals surface area contributed by atoms with Gasteiger partial charge in [0.1, 0.15) is 36.7 Å². The highest BCUT2D eigenvalue weighted by atomic mass is 16.6. The minimum atomic E-state index is -1.37. The van der Waals surface area contributed by atoms with Crippen LogP contribution in [0.1, 0.15) is 81.5 Å². The minimum absolute atomic E-state index is 0.0125. The lowest BCUT2D eigenvalue weighted by atomic mass is 9.87. The van der Waals surface area contributed by atoms with Gasteiger partial charge in [0.05, 0.1) is 0 Å². The summed E-state index contributed by atoms with van der Waals surface area (Å²) < 4.78 is 16.4. The van der Waals surface area contributed by atoms with Gasteiger partial charge in [0, 0.05) is 19.3 Å². The van der Waals surface area contributed by atoms with Gasteiger partial charge in [-0.05, 0) is 81.0 Å². The summed E-state index contributed by atoms with van der Waals surface area (Å²) in [5.41, 5.74) is 2.98. The summed E-state index contributed by atoms with van der Waals surface area (Å²) in [5.74, 6) is -2.37. The number of ketones is 1. The Kier molecular flexibility index (Phi) is 17.3. The normalized spacial score (nSPS) is 12.7. The molecule has 0 fully saturated rings. The third-order valence-electron chi connectivity index (χ3n) is 8.95. The van der Waals surface area contributed by atoms with Gasteiger partial charge >= 0.3 is 18.0 Å². The van der Waals surface area contributed by atoms with E-state index >= 15 is 0 Å². The van der Waals surface area contributed by atoms with Crippen LogP contribution in [-0.2, 0) is 59.4 Å². The maximum absolute atomic E-state index is 14.0. The van der Waals surface area contributed by atoms with Gasteiger partial charge in [-0.15, -0.1) is 0 Å². The smallest absolute Gasteiger partial charge is 0.408 e. The Morgan fingerprint density at radius 2 is 1.11 bits per heavy atom. The molecule has 4 rings (SSSR count). The molecule has 56 heavy (non-hydrogen) atoms. The number of nitrogens with one attached hydrogen (secondary N) is 2. The fraction of sp³-hybridized carbons (Fsp3) is 0.370. The monoisotopic (exact) mass is 762 g/mol. The predicted molar refractivity (Wildman–Crippen MR) is 214 cm³/mol. The van der Waals surface area contributed by atoms with E-state index in [2.05, 4.69) is 22.8 Å². The average molecular weight is 763 g/mol. The van der Waals surface area contributed by atoms with Crippen LogP contribution < -0.4 is 10.6 Å². The molecule has 3 atom stereocenters. The van der Waals surface area contributed by atoms with Crippen molar-refractivity contribution >= 4 is 29.7 Å². The molecular weight excluding hydrogens is 709 g/mol. The zero-order valence-electron chi connectivity index (χ0n) is 32.6. The molecular formula is C46H54N2O8. The molecule has 0 radical (unpaired) electrons. The van der Waals surface area contributed by atoms with Crippen molar-refractivity contribution in [3.63, 3.8) is 0 Å². The van der Waals surface area contributed by atoms with E-state index in [0.717, 1.165) is 36.0 Å². The van der Waals surface area contributed by atoms with Gasteiger partial charge in [-0.2, -0.15) is 0 Å². The summed E-state index contributed by atoms with van der Waals surface area (Å²) in [6.45, 7) is 5.05. The molecule has 0 saturated carbocycles. The maximum Gasteiger partial charge on any atom is 0.408 e. The van der Waals surface area contributed by atoms with Crippen molar-refractivity contribution in [3.8, 4) is 0 Å². The van der Waals surface area contributed by atoms with Crippen LogP contribution in [0.3, 0.4) is 0 Å². The standard InChI is InChI=1S/C46H54N2O8/c1-46(2,3)56-45(53)48-41(31-39(49)30-38(29-35-19-10-5-11-20-35)26-16-25-34-17-8-4-9-18-34)43(51)47-40(44(52)55-33-37-23-14-7-15-24-37)27-28-42(50)54-32-36-21-12-6-13-22-36/h4-15,17-24,38,40-41H,16,25-33H2,1-3H3,(H,47,51)(H,48,53). The van der Waals surface area contributed by atoms with E-state index in [1.807, 2.05) is 97.1 Å². The highest BCUT2D eigenvalue weighted by Gasteiger charge is 2.32. The molecule has 0 heterocycles. The number of amides is 2. The maximum atomic E-state index is 14.0. The summed E-state index contributed by atoms with van der Waals surface area (Å²) in [4.78, 5) is 67.0. The molecule has 0 spiro atoms. The number of aryl methyl sites for hydroxylation is 1. The zero-order chi connectivity index (χ0) is 40.2. The van der Waals surface area contributed by atoms with Gasteiger partial charge in [-0.1, -0.05) is 121 Å². The molecule has 2 N–H and O–H groups in total. The molecule has 0 bridgehead atoms. The van der Waals surface area contributed by atoms with Gasteiger partial charge < -0.3 is 24.8 Å². The van der Waals surface area contributed by atoms with Crippen molar-refractivity contribution in [2.45, 2.75) is 103 Å². The Bertz CT molecular complexity index is 1810. The highest BCUT2D eigenvalue weighted by Crippen LogP contribution is 2.22. The molecule has 0 aliphatic carbocycles. The molecule has 10 nitrogen and oxygen atoms in total. The lowest BCUT2D eigenvalue weighted by Crippen LogP contribution is -2.53. The molecule has 2 amide bonds. The third-order valence-corrected chi connectivity index (χ3v) is 8.95. The number of hydrogen-bond acceptors (Lipinski definition) is 8. The van der Waals surface area contributed by atoms with Crippen molar-refractivity contribution in [1.82, 2.24) is 10.6 Å². The first kappa shape index (κ1) is 43.0. The fourth-order valence-electron chi connectivity index (χ4n) is 6.18. The Labute approximate surface area is 330 Å². The highest BCUT2D eigenvalue weighted by molar-refractivity contribution is 5.94. The number of ether oxygens (including phenoxy) is 3. The number of hydrogen-bond donors (Lipinski definition) is 2. The van der Waals surface area contributed by atoms with Crippen molar-refractivity contribution in [1.29, 1.82) is 0 Å². The van der Waals surface area contributed by atoms with Crippen LogP contribution in [0.15, 0.2) is 121 Å². The number of carbonyl (C=O) groups is 5. The van der Waals surface area contributed by atoms with Gasteiger partial charge in [0.2, 0.25) is 5.91 Å². The second-order valence-electron chi connectivity index (χ2n) is 14.9. The van der Waals surface area contributed by atoms with Crippen LogP contribution in [0.2, 0.25) is 0 Å². The molecule has 3 unspecified atom stereocenters. The molecule has 0 aromatic heterocycles. The van der Waals surface area contributed by atoms with Crippen molar-refractivity contribution in [3.05, 3.63) is 144 Å².